The van der Waals surface area contributed by atoms with Crippen LogP contribution >= 0.6 is 0 Å². The Balaban J connectivity index is 1.20. The van der Waals surface area contributed by atoms with E-state index in [-0.39, 0.29) is 23.1 Å². The van der Waals surface area contributed by atoms with E-state index in [0.717, 1.165) is 22.2 Å². The van der Waals surface area contributed by atoms with Gasteiger partial charge in [0.25, 0.3) is 15.9 Å². The number of nitrogens with one attached hydrogen (secondary N) is 1. The van der Waals surface area contributed by atoms with Gasteiger partial charge in [0, 0.05) is 13.1 Å². The molecule has 2 aromatic carbocycles. The minimum absolute atomic E-state index is 0.0649. The predicted octanol–water partition coefficient (Wildman–Crippen LogP) is 2.04. The molecule has 0 unspecified atom stereocenters. The summed E-state index contributed by atoms with van der Waals surface area (Å²) in [4.78, 5) is 12.4. The van der Waals surface area contributed by atoms with Crippen LogP contribution in [-0.4, -0.2) is 51.0 Å². The molecule has 7 nitrogen and oxygen atoms in total. The molecule has 0 saturated heterocycles. The highest BCUT2D eigenvalue weighted by Crippen LogP contribution is 2.31. The number of ether oxygens (including phenoxy) is 2. The van der Waals surface area contributed by atoms with Gasteiger partial charge >= 0.3 is 0 Å². The van der Waals surface area contributed by atoms with Crippen LogP contribution in [0.4, 0.5) is 0 Å². The van der Waals surface area contributed by atoms with Gasteiger partial charge in [0.05, 0.1) is 5.56 Å². The molecule has 2 aliphatic rings. The van der Waals surface area contributed by atoms with E-state index in [2.05, 4.69) is 5.32 Å². The van der Waals surface area contributed by atoms with E-state index >= 15 is 0 Å². The van der Waals surface area contributed by atoms with Crippen LogP contribution in [0.3, 0.4) is 0 Å². The second kappa shape index (κ2) is 7.81. The molecule has 4 rings (SSSR count). The number of rotatable bonds is 7. The Bertz CT molecular complexity index is 976. The molecule has 0 spiro atoms. The van der Waals surface area contributed by atoms with Crippen molar-refractivity contribution in [3.05, 3.63) is 54.1 Å². The first-order valence-electron chi connectivity index (χ1n) is 9.32. The van der Waals surface area contributed by atoms with Gasteiger partial charge in [-0.05, 0) is 43.7 Å². The third kappa shape index (κ3) is 3.57. The lowest BCUT2D eigenvalue weighted by atomic mass is 10.2. The van der Waals surface area contributed by atoms with Crippen molar-refractivity contribution in [1.29, 1.82) is 0 Å². The Labute approximate surface area is 164 Å². The van der Waals surface area contributed by atoms with Crippen molar-refractivity contribution in [2.24, 2.45) is 0 Å². The molecule has 2 heterocycles. The Morgan fingerprint density at radius 2 is 1.79 bits per heavy atom. The van der Waals surface area contributed by atoms with Crippen LogP contribution in [0.25, 0.3) is 0 Å². The van der Waals surface area contributed by atoms with Gasteiger partial charge < -0.3 is 14.8 Å². The highest BCUT2D eigenvalue weighted by Gasteiger charge is 2.40. The van der Waals surface area contributed by atoms with Crippen molar-refractivity contribution in [2.75, 3.05) is 26.2 Å². The van der Waals surface area contributed by atoms with Gasteiger partial charge in [-0.25, -0.2) is 12.7 Å². The van der Waals surface area contributed by atoms with E-state index in [1.54, 1.807) is 18.2 Å². The minimum atomic E-state index is -3.71. The second-order valence-electron chi connectivity index (χ2n) is 6.79. The first-order valence-corrected chi connectivity index (χ1v) is 10.8. The molecular formula is C20H22N2O5S. The summed E-state index contributed by atoms with van der Waals surface area (Å²) in [5.41, 5.74) is 0.260. The SMILES string of the molecule is O=C1c2ccccc2S(=O)(=O)N1CCCCNC[C@H]1COc2ccccc2O1. The molecule has 0 aliphatic carbocycles. The van der Waals surface area contributed by atoms with Crippen molar-refractivity contribution in [2.45, 2.75) is 23.8 Å². The van der Waals surface area contributed by atoms with Gasteiger partial charge in [0.1, 0.15) is 17.6 Å². The maximum absolute atomic E-state index is 12.5. The van der Waals surface area contributed by atoms with Crippen molar-refractivity contribution >= 4 is 15.9 Å². The molecule has 0 aromatic heterocycles. The number of para-hydroxylation sites is 2. The molecule has 0 fully saturated rings. The monoisotopic (exact) mass is 402 g/mol. The molecule has 1 atom stereocenters. The minimum Gasteiger partial charge on any atom is -0.486 e. The molecule has 1 N–H and O–H groups in total. The van der Waals surface area contributed by atoms with Gasteiger partial charge in [0.15, 0.2) is 11.5 Å². The summed E-state index contributed by atoms with van der Waals surface area (Å²) in [6, 6.07) is 13.9. The lowest BCUT2D eigenvalue weighted by molar-refractivity contribution is 0.0868. The average Bonchev–Trinajstić information content (AvgIpc) is 2.91. The third-order valence-electron chi connectivity index (χ3n) is 4.82. The van der Waals surface area contributed by atoms with Gasteiger partial charge in [-0.2, -0.15) is 0 Å². The fourth-order valence-corrected chi connectivity index (χ4v) is 4.99. The number of benzene rings is 2. The quantitative estimate of drug-likeness (QED) is 0.714. The summed E-state index contributed by atoms with van der Waals surface area (Å²) in [6.07, 6.45) is 1.28. The molecule has 148 valence electrons. The van der Waals surface area contributed by atoms with E-state index in [4.69, 9.17) is 9.47 Å². The number of sulfonamides is 1. The molecule has 0 radical (unpaired) electrons. The number of amides is 1. The maximum atomic E-state index is 12.5. The Morgan fingerprint density at radius 1 is 1.04 bits per heavy atom. The summed E-state index contributed by atoms with van der Waals surface area (Å²) >= 11 is 0. The number of fused-ring (bicyclic) bond motifs is 2. The summed E-state index contributed by atoms with van der Waals surface area (Å²) in [7, 11) is -3.71. The molecule has 1 amide bonds. The zero-order chi connectivity index (χ0) is 19.6. The number of carbonyl (C=O) groups is 1. The van der Waals surface area contributed by atoms with Crippen LogP contribution in [0.15, 0.2) is 53.4 Å². The van der Waals surface area contributed by atoms with E-state index in [0.29, 0.717) is 26.1 Å². The third-order valence-corrected chi connectivity index (χ3v) is 6.66. The highest BCUT2D eigenvalue weighted by atomic mass is 32.2. The van der Waals surface area contributed by atoms with Gasteiger partial charge in [-0.1, -0.05) is 24.3 Å². The molecule has 2 aromatic rings. The zero-order valence-electron chi connectivity index (χ0n) is 15.3. The molecule has 8 heteroatoms. The first-order chi connectivity index (χ1) is 13.6. The first kappa shape index (κ1) is 18.8. The molecule has 28 heavy (non-hydrogen) atoms. The summed E-state index contributed by atoms with van der Waals surface area (Å²) < 4.78 is 37.5. The lowest BCUT2D eigenvalue weighted by Crippen LogP contribution is -2.39. The van der Waals surface area contributed by atoms with Crippen LogP contribution < -0.4 is 14.8 Å². The highest BCUT2D eigenvalue weighted by molar-refractivity contribution is 7.90. The van der Waals surface area contributed by atoms with Crippen molar-refractivity contribution in [3.8, 4) is 11.5 Å². The number of unbranched alkanes of at least 4 members (excludes halogenated alkanes) is 1. The van der Waals surface area contributed by atoms with Gasteiger partial charge in [-0.3, -0.25) is 4.79 Å². The van der Waals surface area contributed by atoms with Crippen LogP contribution in [0, 0.1) is 0 Å². The predicted molar refractivity (Wildman–Crippen MR) is 103 cm³/mol. The normalized spacial score (nSPS) is 19.5. The number of carbonyl (C=O) groups excluding carboxylic acids is 1. The van der Waals surface area contributed by atoms with Crippen molar-refractivity contribution in [1.82, 2.24) is 9.62 Å². The molecule has 2 aliphatic heterocycles. The maximum Gasteiger partial charge on any atom is 0.269 e. The molecule has 0 saturated carbocycles. The van der Waals surface area contributed by atoms with E-state index in [1.165, 1.54) is 6.07 Å². The fourth-order valence-electron chi connectivity index (χ4n) is 3.38. The fraction of sp³-hybridized carbons (Fsp3) is 0.350. The lowest BCUT2D eigenvalue weighted by Gasteiger charge is -2.26. The zero-order valence-corrected chi connectivity index (χ0v) is 16.2. The van der Waals surface area contributed by atoms with Crippen molar-refractivity contribution < 1.29 is 22.7 Å². The van der Waals surface area contributed by atoms with Crippen molar-refractivity contribution in [3.63, 3.8) is 0 Å². The number of nitrogens with zero attached hydrogens (tertiary/aromatic N) is 1. The Morgan fingerprint density at radius 3 is 2.61 bits per heavy atom. The van der Waals surface area contributed by atoms with Crippen LogP contribution in [0.5, 0.6) is 11.5 Å². The summed E-state index contributed by atoms with van der Waals surface area (Å²) in [6.45, 7) is 2.02. The van der Waals surface area contributed by atoms with E-state index in [9.17, 15) is 13.2 Å². The summed E-state index contributed by atoms with van der Waals surface area (Å²) in [5, 5.41) is 3.30. The molecular weight excluding hydrogens is 380 g/mol. The smallest absolute Gasteiger partial charge is 0.269 e. The summed E-state index contributed by atoms with van der Waals surface area (Å²) in [5.74, 6) is 1.07. The van der Waals surface area contributed by atoms with E-state index in [1.807, 2.05) is 24.3 Å². The van der Waals surface area contributed by atoms with Gasteiger partial charge in [-0.15, -0.1) is 0 Å². The van der Waals surface area contributed by atoms with Crippen LogP contribution in [0.2, 0.25) is 0 Å². The second-order valence-corrected chi connectivity index (χ2v) is 8.62. The van der Waals surface area contributed by atoms with Crippen LogP contribution in [-0.2, 0) is 10.0 Å². The van der Waals surface area contributed by atoms with Gasteiger partial charge in [0.2, 0.25) is 0 Å². The standard InChI is InChI=1S/C20H22N2O5S/c23-20-16-7-1-4-10-19(16)28(24,25)22(20)12-6-5-11-21-13-15-14-26-17-8-2-3-9-18(17)27-15/h1-4,7-10,15,21H,5-6,11-14H2/t15-/m0/s1. The average molecular weight is 402 g/mol. The van der Waals surface area contributed by atoms with E-state index < -0.39 is 15.9 Å². The number of hydrogen-bond donors (Lipinski definition) is 1. The Kier molecular flexibility index (Phi) is 5.23. The largest absolute Gasteiger partial charge is 0.486 e. The Hall–Kier alpha value is -2.58. The number of hydrogen-bond acceptors (Lipinski definition) is 6. The van der Waals surface area contributed by atoms with Crippen LogP contribution in [0.1, 0.15) is 23.2 Å². The topological polar surface area (TPSA) is 84.9 Å². The molecule has 0 bridgehead atoms.